The monoisotopic (exact) mass is 161 g/mol. The summed E-state index contributed by atoms with van der Waals surface area (Å²) in [5.41, 5.74) is 0.641. The van der Waals surface area contributed by atoms with Crippen molar-refractivity contribution in [2.45, 2.75) is 13.3 Å². The predicted molar refractivity (Wildman–Crippen MR) is 48.0 cm³/mol. The van der Waals surface area contributed by atoms with Crippen molar-refractivity contribution in [3.63, 3.8) is 0 Å². The standard InChI is InChI=1S/C10H11NO/c1-2-3-6-10(12)9-5-4-7-11-8-9/h3-8H,2H2,1H3/b6-3+. The van der Waals surface area contributed by atoms with Gasteiger partial charge in [0, 0.05) is 18.0 Å². The fourth-order valence-electron chi connectivity index (χ4n) is 0.830. The van der Waals surface area contributed by atoms with Gasteiger partial charge in [0.1, 0.15) is 0 Å². The molecule has 0 aliphatic carbocycles. The minimum atomic E-state index is 0.0185. The molecule has 0 aliphatic rings. The van der Waals surface area contributed by atoms with Gasteiger partial charge in [0.2, 0.25) is 0 Å². The number of aromatic nitrogens is 1. The third kappa shape index (κ3) is 2.31. The molecule has 1 heterocycles. The molecule has 0 radical (unpaired) electrons. The second-order valence-electron chi connectivity index (χ2n) is 2.42. The Hall–Kier alpha value is -1.44. The van der Waals surface area contributed by atoms with Gasteiger partial charge in [-0.25, -0.2) is 0 Å². The molecule has 0 N–H and O–H groups in total. The van der Waals surface area contributed by atoms with Crippen molar-refractivity contribution in [1.29, 1.82) is 0 Å². The van der Waals surface area contributed by atoms with Gasteiger partial charge in [-0.05, 0) is 24.6 Å². The predicted octanol–water partition coefficient (Wildman–Crippen LogP) is 2.23. The number of allylic oxidation sites excluding steroid dienone is 2. The summed E-state index contributed by atoms with van der Waals surface area (Å²) in [4.78, 5) is 15.1. The number of carbonyl (C=O) groups excluding carboxylic acids is 1. The molecule has 0 fully saturated rings. The normalized spacial score (nSPS) is 10.4. The van der Waals surface area contributed by atoms with Crippen molar-refractivity contribution in [3.8, 4) is 0 Å². The van der Waals surface area contributed by atoms with Crippen LogP contribution in [0.1, 0.15) is 23.7 Å². The van der Waals surface area contributed by atoms with Crippen LogP contribution in [0.15, 0.2) is 36.7 Å². The zero-order chi connectivity index (χ0) is 8.81. The molecule has 0 aromatic carbocycles. The SMILES string of the molecule is CC/C=C/C(=O)c1cccnc1. The van der Waals surface area contributed by atoms with Gasteiger partial charge in [-0.2, -0.15) is 0 Å². The highest BCUT2D eigenvalue weighted by molar-refractivity contribution is 6.04. The smallest absolute Gasteiger partial charge is 0.187 e. The number of pyridine rings is 1. The highest BCUT2D eigenvalue weighted by Gasteiger charge is 1.98. The fraction of sp³-hybridized carbons (Fsp3) is 0.200. The topological polar surface area (TPSA) is 30.0 Å². The van der Waals surface area contributed by atoms with Gasteiger partial charge in [0.05, 0.1) is 0 Å². The maximum Gasteiger partial charge on any atom is 0.187 e. The van der Waals surface area contributed by atoms with Crippen LogP contribution in [0.2, 0.25) is 0 Å². The summed E-state index contributed by atoms with van der Waals surface area (Å²) in [5, 5.41) is 0. The van der Waals surface area contributed by atoms with E-state index in [-0.39, 0.29) is 5.78 Å². The Morgan fingerprint density at radius 3 is 3.08 bits per heavy atom. The lowest BCUT2D eigenvalue weighted by atomic mass is 10.2. The highest BCUT2D eigenvalue weighted by atomic mass is 16.1. The summed E-state index contributed by atoms with van der Waals surface area (Å²) in [6.07, 6.45) is 7.53. The summed E-state index contributed by atoms with van der Waals surface area (Å²) in [6.45, 7) is 1.99. The van der Waals surface area contributed by atoms with E-state index >= 15 is 0 Å². The average molecular weight is 161 g/mol. The molecule has 1 aromatic heterocycles. The van der Waals surface area contributed by atoms with Crippen LogP contribution >= 0.6 is 0 Å². The van der Waals surface area contributed by atoms with E-state index in [1.54, 1.807) is 30.6 Å². The molecule has 1 aromatic rings. The van der Waals surface area contributed by atoms with Gasteiger partial charge in [0.15, 0.2) is 5.78 Å². The Morgan fingerprint density at radius 1 is 1.67 bits per heavy atom. The van der Waals surface area contributed by atoms with Crippen LogP contribution in [0.5, 0.6) is 0 Å². The Morgan fingerprint density at radius 2 is 2.50 bits per heavy atom. The third-order valence-electron chi connectivity index (χ3n) is 1.45. The second kappa shape index (κ2) is 4.44. The third-order valence-corrected chi connectivity index (χ3v) is 1.45. The average Bonchev–Trinajstić information content (AvgIpc) is 2.15. The van der Waals surface area contributed by atoms with E-state index in [0.717, 1.165) is 6.42 Å². The molecule has 12 heavy (non-hydrogen) atoms. The van der Waals surface area contributed by atoms with E-state index in [1.165, 1.54) is 0 Å². The van der Waals surface area contributed by atoms with E-state index in [2.05, 4.69) is 4.98 Å². The summed E-state index contributed by atoms with van der Waals surface area (Å²) in [5.74, 6) is 0.0185. The quantitative estimate of drug-likeness (QED) is 0.502. The molecule has 0 saturated heterocycles. The lowest BCUT2D eigenvalue weighted by molar-refractivity contribution is 0.104. The molecule has 62 valence electrons. The van der Waals surface area contributed by atoms with E-state index in [1.807, 2.05) is 13.0 Å². The summed E-state index contributed by atoms with van der Waals surface area (Å²) in [7, 11) is 0. The Kier molecular flexibility index (Phi) is 3.20. The van der Waals surface area contributed by atoms with Crippen molar-refractivity contribution >= 4 is 5.78 Å². The van der Waals surface area contributed by atoms with Crippen molar-refractivity contribution in [3.05, 3.63) is 42.2 Å². The van der Waals surface area contributed by atoms with Gasteiger partial charge >= 0.3 is 0 Å². The highest BCUT2D eigenvalue weighted by Crippen LogP contribution is 1.98. The van der Waals surface area contributed by atoms with Crippen LogP contribution in [0, 0.1) is 0 Å². The molecule has 0 bridgehead atoms. The Balaban J connectivity index is 2.72. The van der Waals surface area contributed by atoms with E-state index in [9.17, 15) is 4.79 Å². The molecule has 2 heteroatoms. The van der Waals surface area contributed by atoms with Crippen molar-refractivity contribution < 1.29 is 4.79 Å². The van der Waals surface area contributed by atoms with Crippen LogP contribution < -0.4 is 0 Å². The number of ketones is 1. The maximum absolute atomic E-state index is 11.3. The largest absolute Gasteiger partial charge is 0.289 e. The van der Waals surface area contributed by atoms with Crippen LogP contribution in [-0.4, -0.2) is 10.8 Å². The van der Waals surface area contributed by atoms with Gasteiger partial charge in [-0.3, -0.25) is 9.78 Å². The molecule has 0 unspecified atom stereocenters. The van der Waals surface area contributed by atoms with Gasteiger partial charge in [0.25, 0.3) is 0 Å². The number of hydrogen-bond acceptors (Lipinski definition) is 2. The minimum absolute atomic E-state index is 0.0185. The van der Waals surface area contributed by atoms with E-state index in [0.29, 0.717) is 5.56 Å². The second-order valence-corrected chi connectivity index (χ2v) is 2.42. The zero-order valence-electron chi connectivity index (χ0n) is 7.03. The molecular weight excluding hydrogens is 150 g/mol. The maximum atomic E-state index is 11.3. The molecule has 0 aliphatic heterocycles. The summed E-state index contributed by atoms with van der Waals surface area (Å²) >= 11 is 0. The minimum Gasteiger partial charge on any atom is -0.289 e. The molecule has 2 nitrogen and oxygen atoms in total. The van der Waals surface area contributed by atoms with E-state index in [4.69, 9.17) is 0 Å². The number of nitrogens with zero attached hydrogens (tertiary/aromatic N) is 1. The Labute approximate surface area is 71.9 Å². The lowest BCUT2D eigenvalue weighted by Gasteiger charge is -1.91. The van der Waals surface area contributed by atoms with Crippen molar-refractivity contribution in [1.82, 2.24) is 4.98 Å². The number of carbonyl (C=O) groups is 1. The molecule has 0 saturated carbocycles. The summed E-state index contributed by atoms with van der Waals surface area (Å²) < 4.78 is 0. The number of hydrogen-bond donors (Lipinski definition) is 0. The van der Waals surface area contributed by atoms with Crippen LogP contribution in [0.25, 0.3) is 0 Å². The molecule has 0 atom stereocenters. The first-order chi connectivity index (χ1) is 5.84. The fourth-order valence-corrected chi connectivity index (χ4v) is 0.830. The van der Waals surface area contributed by atoms with Crippen LogP contribution in [0.3, 0.4) is 0 Å². The Bertz CT molecular complexity index is 277. The first-order valence-electron chi connectivity index (χ1n) is 3.95. The lowest BCUT2D eigenvalue weighted by Crippen LogP contribution is -1.93. The van der Waals surface area contributed by atoms with Crippen molar-refractivity contribution in [2.75, 3.05) is 0 Å². The molecule has 0 amide bonds. The number of rotatable bonds is 3. The van der Waals surface area contributed by atoms with Gasteiger partial charge < -0.3 is 0 Å². The molecule has 0 spiro atoms. The van der Waals surface area contributed by atoms with Gasteiger partial charge in [-0.15, -0.1) is 0 Å². The molecular formula is C10H11NO. The summed E-state index contributed by atoms with van der Waals surface area (Å²) in [6, 6.07) is 3.52. The van der Waals surface area contributed by atoms with Crippen LogP contribution in [0.4, 0.5) is 0 Å². The van der Waals surface area contributed by atoms with E-state index < -0.39 is 0 Å². The van der Waals surface area contributed by atoms with Gasteiger partial charge in [-0.1, -0.05) is 13.0 Å². The van der Waals surface area contributed by atoms with Crippen LogP contribution in [-0.2, 0) is 0 Å². The first kappa shape index (κ1) is 8.65. The van der Waals surface area contributed by atoms with Crippen molar-refractivity contribution in [2.24, 2.45) is 0 Å². The zero-order valence-corrected chi connectivity index (χ0v) is 7.03. The molecule has 1 rings (SSSR count). The first-order valence-corrected chi connectivity index (χ1v) is 3.95.